The molecule has 0 radical (unpaired) electrons. The van der Waals surface area contributed by atoms with Gasteiger partial charge in [-0.15, -0.1) is 0 Å². The fourth-order valence-electron chi connectivity index (χ4n) is 1.63. The monoisotopic (exact) mass is 230 g/mol. The van der Waals surface area contributed by atoms with E-state index < -0.39 is 0 Å². The molecule has 2 rings (SSSR count). The quantitative estimate of drug-likeness (QED) is 0.824. The number of nitrogen functional groups attached to an aromatic ring is 1. The Balaban J connectivity index is 2.28. The number of rotatable bonds is 3. The third-order valence-electron chi connectivity index (χ3n) is 2.50. The predicted octanol–water partition coefficient (Wildman–Crippen LogP) is 2.53. The zero-order valence-corrected chi connectivity index (χ0v) is 9.59. The Bertz CT molecular complexity index is 489. The summed E-state index contributed by atoms with van der Waals surface area (Å²) < 4.78 is 5.11. The minimum Gasteiger partial charge on any atom is -0.459 e. The van der Waals surface area contributed by atoms with Crippen molar-refractivity contribution in [2.75, 3.05) is 17.2 Å². The lowest BCUT2D eigenvalue weighted by Gasteiger charge is -2.19. The van der Waals surface area contributed by atoms with Crippen molar-refractivity contribution in [1.29, 1.82) is 0 Å². The van der Waals surface area contributed by atoms with Crippen LogP contribution in [0.2, 0.25) is 0 Å². The highest BCUT2D eigenvalue weighted by Crippen LogP contribution is 2.18. The minimum absolute atomic E-state index is 0.151. The van der Waals surface area contributed by atoms with Gasteiger partial charge in [0.25, 0.3) is 5.91 Å². The number of anilines is 2. The molecule has 2 N–H and O–H groups in total. The average Bonchev–Trinajstić information content (AvgIpc) is 2.86. The highest BCUT2D eigenvalue weighted by Gasteiger charge is 2.17. The van der Waals surface area contributed by atoms with Crippen LogP contribution in [0.15, 0.2) is 47.1 Å². The lowest BCUT2D eigenvalue weighted by atomic mass is 10.2. The number of carbonyl (C=O) groups is 1. The molecule has 0 aliphatic carbocycles. The molecule has 1 aromatic carbocycles. The number of furan rings is 1. The van der Waals surface area contributed by atoms with Crippen LogP contribution in [0.4, 0.5) is 11.4 Å². The number of carbonyl (C=O) groups excluding carboxylic acids is 1. The number of benzene rings is 1. The maximum absolute atomic E-state index is 12.1. The maximum atomic E-state index is 12.1. The van der Waals surface area contributed by atoms with Gasteiger partial charge in [-0.2, -0.15) is 0 Å². The first-order chi connectivity index (χ1) is 8.22. The third kappa shape index (κ3) is 2.30. The molecule has 1 heterocycles. The number of hydrogen-bond donors (Lipinski definition) is 1. The van der Waals surface area contributed by atoms with Gasteiger partial charge in [-0.25, -0.2) is 0 Å². The van der Waals surface area contributed by atoms with E-state index in [4.69, 9.17) is 10.2 Å². The van der Waals surface area contributed by atoms with Crippen LogP contribution in [0.1, 0.15) is 17.5 Å². The molecule has 0 atom stereocenters. The van der Waals surface area contributed by atoms with E-state index >= 15 is 0 Å². The molecule has 1 aromatic heterocycles. The summed E-state index contributed by atoms with van der Waals surface area (Å²) in [5, 5.41) is 0. The normalized spacial score (nSPS) is 10.2. The molecule has 4 nitrogen and oxygen atoms in total. The first-order valence-corrected chi connectivity index (χ1v) is 5.43. The molecule has 1 amide bonds. The topological polar surface area (TPSA) is 59.5 Å². The van der Waals surface area contributed by atoms with Gasteiger partial charge < -0.3 is 15.1 Å². The minimum atomic E-state index is -0.151. The fraction of sp³-hybridized carbons (Fsp3) is 0.154. The zero-order valence-electron chi connectivity index (χ0n) is 9.59. The van der Waals surface area contributed by atoms with Crippen LogP contribution >= 0.6 is 0 Å². The summed E-state index contributed by atoms with van der Waals surface area (Å²) in [6, 6.07) is 10.5. The van der Waals surface area contributed by atoms with Crippen molar-refractivity contribution in [2.45, 2.75) is 6.92 Å². The van der Waals surface area contributed by atoms with Crippen molar-refractivity contribution >= 4 is 17.3 Å². The summed E-state index contributed by atoms with van der Waals surface area (Å²) in [4.78, 5) is 13.8. The largest absolute Gasteiger partial charge is 0.459 e. The second kappa shape index (κ2) is 4.74. The standard InChI is InChI=1S/C13H14N2O2/c1-2-15(11-7-5-10(14)6-8-11)13(16)12-4-3-9-17-12/h3-9H,2,14H2,1H3. The Hall–Kier alpha value is -2.23. The average molecular weight is 230 g/mol. The first-order valence-electron chi connectivity index (χ1n) is 5.43. The number of amides is 1. The highest BCUT2D eigenvalue weighted by atomic mass is 16.3. The summed E-state index contributed by atoms with van der Waals surface area (Å²) in [7, 11) is 0. The van der Waals surface area contributed by atoms with E-state index in [-0.39, 0.29) is 5.91 Å². The van der Waals surface area contributed by atoms with Crippen LogP contribution in [0.5, 0.6) is 0 Å². The van der Waals surface area contributed by atoms with Crippen LogP contribution in [0.3, 0.4) is 0 Å². The number of nitrogens with two attached hydrogens (primary N) is 1. The summed E-state index contributed by atoms with van der Waals surface area (Å²) in [5.74, 6) is 0.186. The van der Waals surface area contributed by atoms with Crippen LogP contribution in [0, 0.1) is 0 Å². The van der Waals surface area contributed by atoms with E-state index in [9.17, 15) is 4.79 Å². The molecule has 0 spiro atoms. The van der Waals surface area contributed by atoms with Gasteiger partial charge in [0.2, 0.25) is 0 Å². The molecule has 0 saturated heterocycles. The van der Waals surface area contributed by atoms with Gasteiger partial charge in [0.05, 0.1) is 6.26 Å². The van der Waals surface area contributed by atoms with Crippen molar-refractivity contribution in [1.82, 2.24) is 0 Å². The second-order valence-corrected chi connectivity index (χ2v) is 3.62. The Labute approximate surface area is 99.6 Å². The van der Waals surface area contributed by atoms with Gasteiger partial charge in [0.1, 0.15) is 0 Å². The fourth-order valence-corrected chi connectivity index (χ4v) is 1.63. The Morgan fingerprint density at radius 2 is 2.00 bits per heavy atom. The first kappa shape index (κ1) is 11.3. The van der Waals surface area contributed by atoms with Crippen LogP contribution in [0.25, 0.3) is 0 Å². The van der Waals surface area contributed by atoms with E-state index in [0.717, 1.165) is 5.69 Å². The molecule has 0 fully saturated rings. The number of nitrogens with zero attached hydrogens (tertiary/aromatic N) is 1. The second-order valence-electron chi connectivity index (χ2n) is 3.62. The van der Waals surface area contributed by atoms with Crippen molar-refractivity contribution < 1.29 is 9.21 Å². The molecule has 0 aliphatic heterocycles. The van der Waals surface area contributed by atoms with E-state index in [1.807, 2.05) is 19.1 Å². The van der Waals surface area contributed by atoms with E-state index in [0.29, 0.717) is 18.0 Å². The molecule has 88 valence electrons. The Morgan fingerprint density at radius 3 is 2.53 bits per heavy atom. The van der Waals surface area contributed by atoms with Gasteiger partial charge in [-0.1, -0.05) is 0 Å². The molecule has 0 aliphatic rings. The smallest absolute Gasteiger partial charge is 0.293 e. The predicted molar refractivity (Wildman–Crippen MR) is 66.9 cm³/mol. The SMILES string of the molecule is CCN(C(=O)c1ccco1)c1ccc(N)cc1. The Kier molecular flexibility index (Phi) is 3.14. The summed E-state index contributed by atoms with van der Waals surface area (Å²) >= 11 is 0. The third-order valence-corrected chi connectivity index (χ3v) is 2.50. The summed E-state index contributed by atoms with van der Waals surface area (Å²) in [5.41, 5.74) is 7.10. The van der Waals surface area contributed by atoms with Gasteiger partial charge in [-0.05, 0) is 43.3 Å². The van der Waals surface area contributed by atoms with Crippen molar-refractivity contribution in [3.63, 3.8) is 0 Å². The van der Waals surface area contributed by atoms with Gasteiger partial charge in [0, 0.05) is 17.9 Å². The molecule has 17 heavy (non-hydrogen) atoms. The van der Waals surface area contributed by atoms with Crippen LogP contribution < -0.4 is 10.6 Å². The van der Waals surface area contributed by atoms with Crippen molar-refractivity contribution in [3.8, 4) is 0 Å². The Morgan fingerprint density at radius 1 is 1.29 bits per heavy atom. The number of hydrogen-bond acceptors (Lipinski definition) is 3. The molecule has 4 heteroatoms. The van der Waals surface area contributed by atoms with Crippen LogP contribution in [-0.4, -0.2) is 12.5 Å². The lowest BCUT2D eigenvalue weighted by molar-refractivity contribution is 0.0961. The summed E-state index contributed by atoms with van der Waals surface area (Å²) in [6.45, 7) is 2.49. The van der Waals surface area contributed by atoms with Crippen molar-refractivity contribution in [2.24, 2.45) is 0 Å². The van der Waals surface area contributed by atoms with E-state index in [1.54, 1.807) is 29.2 Å². The van der Waals surface area contributed by atoms with E-state index in [2.05, 4.69) is 0 Å². The maximum Gasteiger partial charge on any atom is 0.293 e. The molecule has 2 aromatic rings. The van der Waals surface area contributed by atoms with Crippen LogP contribution in [-0.2, 0) is 0 Å². The molecular weight excluding hydrogens is 216 g/mol. The van der Waals surface area contributed by atoms with E-state index in [1.165, 1.54) is 6.26 Å². The molecular formula is C13H14N2O2. The lowest BCUT2D eigenvalue weighted by Crippen LogP contribution is -2.30. The van der Waals surface area contributed by atoms with Gasteiger partial charge in [0.15, 0.2) is 5.76 Å². The molecule has 0 saturated carbocycles. The molecule has 0 bridgehead atoms. The van der Waals surface area contributed by atoms with Gasteiger partial charge >= 0.3 is 0 Å². The molecule has 0 unspecified atom stereocenters. The highest BCUT2D eigenvalue weighted by molar-refractivity contribution is 6.04. The van der Waals surface area contributed by atoms with Gasteiger partial charge in [-0.3, -0.25) is 4.79 Å². The zero-order chi connectivity index (χ0) is 12.3. The summed E-state index contributed by atoms with van der Waals surface area (Å²) in [6.07, 6.45) is 1.49. The van der Waals surface area contributed by atoms with Crippen molar-refractivity contribution in [3.05, 3.63) is 48.4 Å².